The van der Waals surface area contributed by atoms with E-state index >= 15 is 0 Å². The molecule has 0 atom stereocenters. The average molecular weight is 315 g/mol. The molecule has 0 spiro atoms. The normalized spacial score (nSPS) is 10.3. The number of carbonyl (C=O) groups excluding carboxylic acids is 1. The predicted molar refractivity (Wildman–Crippen MR) is 70.3 cm³/mol. The minimum Gasteiger partial charge on any atom is -0.340 e. The lowest BCUT2D eigenvalue weighted by Crippen LogP contribution is -2.12. The number of aryl methyl sites for hydroxylation is 1. The molecule has 0 aliphatic carbocycles. The Hall–Kier alpha value is -1.33. The summed E-state index contributed by atoms with van der Waals surface area (Å²) in [7, 11) is 1.81. The molecule has 0 saturated heterocycles. The standard InChI is InChI=1S/C11H9BrClN3O/c1-16-5-10(14-6-16)11(17)15-7-2-3-9(13)8(12)4-7/h2-6H,1H3,(H,15,17). The van der Waals surface area contributed by atoms with Crippen LogP contribution in [0.4, 0.5) is 5.69 Å². The number of carbonyl (C=O) groups is 1. The summed E-state index contributed by atoms with van der Waals surface area (Å²) in [5, 5.41) is 3.33. The average Bonchev–Trinajstić information content (AvgIpc) is 2.70. The van der Waals surface area contributed by atoms with E-state index in [0.717, 1.165) is 4.47 Å². The molecule has 88 valence electrons. The summed E-state index contributed by atoms with van der Waals surface area (Å²) in [4.78, 5) is 15.8. The van der Waals surface area contributed by atoms with Gasteiger partial charge < -0.3 is 9.88 Å². The summed E-state index contributed by atoms with van der Waals surface area (Å²) < 4.78 is 2.45. The van der Waals surface area contributed by atoms with E-state index in [4.69, 9.17) is 11.6 Å². The number of amides is 1. The number of imidazole rings is 1. The minimum atomic E-state index is -0.250. The van der Waals surface area contributed by atoms with Crippen LogP contribution >= 0.6 is 27.5 Å². The van der Waals surface area contributed by atoms with Crippen molar-refractivity contribution in [1.29, 1.82) is 0 Å². The Morgan fingerprint density at radius 2 is 2.29 bits per heavy atom. The van der Waals surface area contributed by atoms with Crippen LogP contribution in [0.1, 0.15) is 10.5 Å². The first-order valence-electron chi connectivity index (χ1n) is 4.80. The highest BCUT2D eigenvalue weighted by Crippen LogP contribution is 2.25. The highest BCUT2D eigenvalue weighted by atomic mass is 79.9. The van der Waals surface area contributed by atoms with Gasteiger partial charge in [0.2, 0.25) is 0 Å². The van der Waals surface area contributed by atoms with E-state index in [9.17, 15) is 4.79 Å². The number of anilines is 1. The molecule has 1 heterocycles. The quantitative estimate of drug-likeness (QED) is 0.926. The first-order valence-corrected chi connectivity index (χ1v) is 5.98. The van der Waals surface area contributed by atoms with Crippen LogP contribution in [0.15, 0.2) is 35.2 Å². The van der Waals surface area contributed by atoms with Crippen molar-refractivity contribution in [3.05, 3.63) is 45.9 Å². The van der Waals surface area contributed by atoms with Crippen molar-refractivity contribution >= 4 is 39.1 Å². The Bertz CT molecular complexity index is 568. The van der Waals surface area contributed by atoms with Gasteiger partial charge in [-0.3, -0.25) is 4.79 Å². The smallest absolute Gasteiger partial charge is 0.275 e. The molecule has 4 nitrogen and oxygen atoms in total. The van der Waals surface area contributed by atoms with Gasteiger partial charge in [0.15, 0.2) is 0 Å². The Morgan fingerprint density at radius 3 is 2.88 bits per heavy atom. The van der Waals surface area contributed by atoms with Crippen molar-refractivity contribution in [2.75, 3.05) is 5.32 Å². The van der Waals surface area contributed by atoms with Crippen molar-refractivity contribution in [1.82, 2.24) is 9.55 Å². The Labute approximate surface area is 112 Å². The predicted octanol–water partition coefficient (Wildman–Crippen LogP) is 3.09. The largest absolute Gasteiger partial charge is 0.340 e. The lowest BCUT2D eigenvalue weighted by Gasteiger charge is -2.04. The van der Waals surface area contributed by atoms with Gasteiger partial charge in [-0.15, -0.1) is 0 Å². The molecule has 0 aliphatic rings. The molecule has 0 saturated carbocycles. The molecule has 1 aromatic carbocycles. The molecular weight excluding hydrogens is 305 g/mol. The van der Waals surface area contributed by atoms with Crippen molar-refractivity contribution in [2.24, 2.45) is 7.05 Å². The van der Waals surface area contributed by atoms with Crippen LogP contribution in [0, 0.1) is 0 Å². The van der Waals surface area contributed by atoms with E-state index < -0.39 is 0 Å². The van der Waals surface area contributed by atoms with Crippen LogP contribution in [0.25, 0.3) is 0 Å². The van der Waals surface area contributed by atoms with Crippen molar-refractivity contribution in [3.63, 3.8) is 0 Å². The number of nitrogens with one attached hydrogen (secondary N) is 1. The maximum absolute atomic E-state index is 11.8. The van der Waals surface area contributed by atoms with E-state index in [1.165, 1.54) is 0 Å². The molecular formula is C11H9BrClN3O. The molecule has 0 unspecified atom stereocenters. The summed E-state index contributed by atoms with van der Waals surface area (Å²) in [5.41, 5.74) is 1.04. The van der Waals surface area contributed by atoms with Crippen molar-refractivity contribution < 1.29 is 4.79 Å². The van der Waals surface area contributed by atoms with E-state index in [-0.39, 0.29) is 5.91 Å². The molecule has 2 aromatic rings. The first kappa shape index (κ1) is 12.1. The molecule has 0 radical (unpaired) electrons. The second kappa shape index (κ2) is 4.89. The molecule has 6 heteroatoms. The third-order valence-electron chi connectivity index (χ3n) is 2.11. The zero-order valence-corrected chi connectivity index (χ0v) is 11.3. The van der Waals surface area contributed by atoms with Gasteiger partial charge in [-0.05, 0) is 34.1 Å². The molecule has 0 bridgehead atoms. The topological polar surface area (TPSA) is 46.9 Å². The number of halogens is 2. The maximum Gasteiger partial charge on any atom is 0.275 e. The van der Waals surface area contributed by atoms with Gasteiger partial charge in [0.05, 0.1) is 11.3 Å². The molecule has 0 fully saturated rings. The summed E-state index contributed by atoms with van der Waals surface area (Å²) in [5.74, 6) is -0.250. The van der Waals surface area contributed by atoms with Gasteiger partial charge in [-0.25, -0.2) is 4.98 Å². The zero-order valence-electron chi connectivity index (χ0n) is 8.95. The summed E-state index contributed by atoms with van der Waals surface area (Å²) in [6, 6.07) is 5.18. The molecule has 1 aromatic heterocycles. The van der Waals surface area contributed by atoms with Crippen molar-refractivity contribution in [2.45, 2.75) is 0 Å². The van der Waals surface area contributed by atoms with E-state index in [1.807, 2.05) is 7.05 Å². The Kier molecular flexibility index (Phi) is 3.49. The fourth-order valence-corrected chi connectivity index (χ4v) is 1.80. The SMILES string of the molecule is Cn1cnc(C(=O)Nc2ccc(Cl)c(Br)c2)c1. The second-order valence-electron chi connectivity index (χ2n) is 3.51. The Balaban J connectivity index is 2.15. The summed E-state index contributed by atoms with van der Waals surface area (Å²) >= 11 is 9.16. The second-order valence-corrected chi connectivity index (χ2v) is 4.77. The number of hydrogen-bond donors (Lipinski definition) is 1. The fraction of sp³-hybridized carbons (Fsp3) is 0.0909. The van der Waals surface area contributed by atoms with Gasteiger partial charge >= 0.3 is 0 Å². The molecule has 17 heavy (non-hydrogen) atoms. The summed E-state index contributed by atoms with van der Waals surface area (Å²) in [6.45, 7) is 0. The van der Waals surface area contributed by atoms with E-state index in [2.05, 4.69) is 26.2 Å². The van der Waals surface area contributed by atoms with Crippen LogP contribution in [0.2, 0.25) is 5.02 Å². The van der Waals surface area contributed by atoms with Crippen LogP contribution in [0.5, 0.6) is 0 Å². The van der Waals surface area contributed by atoms with Crippen LogP contribution in [0.3, 0.4) is 0 Å². The van der Waals surface area contributed by atoms with Gasteiger partial charge in [-0.1, -0.05) is 11.6 Å². The van der Waals surface area contributed by atoms with E-state index in [0.29, 0.717) is 16.4 Å². The minimum absolute atomic E-state index is 0.250. The Morgan fingerprint density at radius 1 is 1.53 bits per heavy atom. The number of rotatable bonds is 2. The van der Waals surface area contributed by atoms with Crippen LogP contribution in [-0.4, -0.2) is 15.5 Å². The molecule has 1 amide bonds. The molecule has 0 aliphatic heterocycles. The highest BCUT2D eigenvalue weighted by Gasteiger charge is 2.09. The van der Waals surface area contributed by atoms with Gasteiger partial charge in [0.1, 0.15) is 5.69 Å². The summed E-state index contributed by atoms with van der Waals surface area (Å²) in [6.07, 6.45) is 3.23. The lowest BCUT2D eigenvalue weighted by molar-refractivity contribution is 0.102. The number of hydrogen-bond acceptors (Lipinski definition) is 2. The zero-order chi connectivity index (χ0) is 12.4. The first-order chi connectivity index (χ1) is 8.06. The van der Waals surface area contributed by atoms with Gasteiger partial charge in [0.25, 0.3) is 5.91 Å². The van der Waals surface area contributed by atoms with Crippen molar-refractivity contribution in [3.8, 4) is 0 Å². The van der Waals surface area contributed by atoms with Gasteiger partial charge in [0, 0.05) is 23.4 Å². The third-order valence-corrected chi connectivity index (χ3v) is 3.33. The fourth-order valence-electron chi connectivity index (χ4n) is 1.30. The molecule has 1 N–H and O–H groups in total. The van der Waals surface area contributed by atoms with Crippen LogP contribution in [-0.2, 0) is 7.05 Å². The number of nitrogens with zero attached hydrogens (tertiary/aromatic N) is 2. The monoisotopic (exact) mass is 313 g/mol. The van der Waals surface area contributed by atoms with Crippen LogP contribution < -0.4 is 5.32 Å². The number of benzene rings is 1. The van der Waals surface area contributed by atoms with Gasteiger partial charge in [-0.2, -0.15) is 0 Å². The highest BCUT2D eigenvalue weighted by molar-refractivity contribution is 9.10. The lowest BCUT2D eigenvalue weighted by atomic mass is 10.3. The number of aromatic nitrogens is 2. The maximum atomic E-state index is 11.8. The third kappa shape index (κ3) is 2.87. The van der Waals surface area contributed by atoms with E-state index in [1.54, 1.807) is 35.3 Å². The molecule has 2 rings (SSSR count).